The summed E-state index contributed by atoms with van der Waals surface area (Å²) >= 11 is 3.44. The average molecular weight is 504 g/mol. The van der Waals surface area contributed by atoms with Crippen molar-refractivity contribution in [2.75, 3.05) is 33.5 Å². The molecule has 0 spiro atoms. The van der Waals surface area contributed by atoms with Crippen LogP contribution in [0.2, 0.25) is 0 Å². The Morgan fingerprint density at radius 3 is 2.31 bits per heavy atom. The quantitative estimate of drug-likeness (QED) is 0.125. The van der Waals surface area contributed by atoms with E-state index in [1.807, 2.05) is 55.5 Å². The van der Waals surface area contributed by atoms with Crippen LogP contribution in [0.15, 0.2) is 58.2 Å². The second-order valence-electron chi connectivity index (χ2n) is 7.46. The van der Waals surface area contributed by atoms with Gasteiger partial charge in [-0.05, 0) is 75.4 Å². The maximum Gasteiger partial charge on any atom is 0.125 e. The lowest BCUT2D eigenvalue weighted by atomic mass is 10.1. The molecule has 0 aromatic heterocycles. The zero-order valence-electron chi connectivity index (χ0n) is 19.5. The Kier molecular flexibility index (Phi) is 11.9. The summed E-state index contributed by atoms with van der Waals surface area (Å²) in [6.45, 7) is 8.48. The highest BCUT2D eigenvalue weighted by molar-refractivity contribution is 9.10. The molecule has 0 atom stereocenters. The third kappa shape index (κ3) is 9.05. The van der Waals surface area contributed by atoms with Gasteiger partial charge in [0.25, 0.3) is 0 Å². The van der Waals surface area contributed by atoms with Crippen LogP contribution < -0.4 is 9.47 Å². The topological polar surface area (TPSA) is 49.3 Å². The van der Waals surface area contributed by atoms with Gasteiger partial charge in [0.05, 0.1) is 13.2 Å². The minimum atomic E-state index is 0.423. The van der Waals surface area contributed by atoms with E-state index in [2.05, 4.69) is 34.9 Å². The SMILES string of the molecule is C/C=C/COc1cc(C)c(OCCCCCOC/C(=N\OC)c2ccc(Br)cc2)c(C)c1. The van der Waals surface area contributed by atoms with E-state index < -0.39 is 0 Å². The standard InChI is InChI=1S/C26H34BrNO4/c1-5-6-15-31-24-17-20(2)26(21(3)18-24)32-16-9-7-8-14-30-19-25(28-29-4)22-10-12-23(27)13-11-22/h5-6,10-13,17-18H,7-9,14-16,19H2,1-4H3/b6-5+,28-25+. The number of rotatable bonds is 14. The largest absolute Gasteiger partial charge is 0.493 e. The maximum absolute atomic E-state index is 6.04. The third-order valence-electron chi connectivity index (χ3n) is 4.81. The van der Waals surface area contributed by atoms with Gasteiger partial charge in [0.2, 0.25) is 0 Å². The van der Waals surface area contributed by atoms with Crippen molar-refractivity contribution in [3.8, 4) is 11.5 Å². The lowest BCUT2D eigenvalue weighted by Gasteiger charge is -2.14. The van der Waals surface area contributed by atoms with Gasteiger partial charge < -0.3 is 19.0 Å². The van der Waals surface area contributed by atoms with E-state index in [-0.39, 0.29) is 0 Å². The van der Waals surface area contributed by atoms with Crippen molar-refractivity contribution in [2.24, 2.45) is 5.16 Å². The van der Waals surface area contributed by atoms with Crippen LogP contribution in [-0.4, -0.2) is 39.2 Å². The predicted octanol–water partition coefficient (Wildman–Crippen LogP) is 6.64. The number of aryl methyl sites for hydroxylation is 2. The first kappa shape index (κ1) is 25.9. The highest BCUT2D eigenvalue weighted by atomic mass is 79.9. The van der Waals surface area contributed by atoms with Crippen molar-refractivity contribution in [1.29, 1.82) is 0 Å². The second kappa shape index (κ2) is 14.7. The second-order valence-corrected chi connectivity index (χ2v) is 8.37. The summed E-state index contributed by atoms with van der Waals surface area (Å²) in [6.07, 6.45) is 6.96. The zero-order valence-corrected chi connectivity index (χ0v) is 21.1. The molecule has 0 aliphatic carbocycles. The summed E-state index contributed by atoms with van der Waals surface area (Å²) in [5, 5.41) is 4.09. The van der Waals surface area contributed by atoms with Crippen molar-refractivity contribution in [3.63, 3.8) is 0 Å². The van der Waals surface area contributed by atoms with Crippen LogP contribution in [0.1, 0.15) is 42.9 Å². The first-order valence-electron chi connectivity index (χ1n) is 11.0. The van der Waals surface area contributed by atoms with E-state index in [0.29, 0.717) is 26.4 Å². The molecule has 0 saturated carbocycles. The Morgan fingerprint density at radius 2 is 1.66 bits per heavy atom. The molecule has 2 aromatic rings. The number of allylic oxidation sites excluding steroid dienone is 1. The van der Waals surface area contributed by atoms with Gasteiger partial charge in [0.15, 0.2) is 0 Å². The maximum atomic E-state index is 6.04. The van der Waals surface area contributed by atoms with Crippen molar-refractivity contribution in [3.05, 3.63) is 69.7 Å². The zero-order chi connectivity index (χ0) is 23.2. The minimum Gasteiger partial charge on any atom is -0.493 e. The molecule has 174 valence electrons. The summed E-state index contributed by atoms with van der Waals surface area (Å²) < 4.78 is 18.6. The van der Waals surface area contributed by atoms with Gasteiger partial charge in [0, 0.05) is 16.6 Å². The van der Waals surface area contributed by atoms with Gasteiger partial charge in [0.1, 0.15) is 30.9 Å². The van der Waals surface area contributed by atoms with Crippen molar-refractivity contribution >= 4 is 21.6 Å². The Hall–Kier alpha value is -2.31. The normalized spacial score (nSPS) is 11.7. The molecule has 32 heavy (non-hydrogen) atoms. The molecule has 0 fully saturated rings. The molecule has 2 rings (SSSR count). The van der Waals surface area contributed by atoms with E-state index in [1.165, 1.54) is 0 Å². The van der Waals surface area contributed by atoms with Gasteiger partial charge in [-0.25, -0.2) is 0 Å². The molecule has 0 radical (unpaired) electrons. The molecule has 0 saturated heterocycles. The molecule has 6 heteroatoms. The van der Waals surface area contributed by atoms with E-state index >= 15 is 0 Å². The first-order valence-corrected chi connectivity index (χ1v) is 11.8. The highest BCUT2D eigenvalue weighted by Crippen LogP contribution is 2.28. The molecule has 0 aliphatic heterocycles. The van der Waals surface area contributed by atoms with Crippen molar-refractivity contribution < 1.29 is 19.0 Å². The molecule has 5 nitrogen and oxygen atoms in total. The third-order valence-corrected chi connectivity index (χ3v) is 5.34. The van der Waals surface area contributed by atoms with Gasteiger partial charge >= 0.3 is 0 Å². The van der Waals surface area contributed by atoms with Crippen LogP contribution in [-0.2, 0) is 9.57 Å². The monoisotopic (exact) mass is 503 g/mol. The van der Waals surface area contributed by atoms with E-state index in [0.717, 1.165) is 57.6 Å². The van der Waals surface area contributed by atoms with E-state index in [1.54, 1.807) is 7.11 Å². The van der Waals surface area contributed by atoms with Gasteiger partial charge in [-0.1, -0.05) is 45.4 Å². The van der Waals surface area contributed by atoms with Crippen molar-refractivity contribution in [2.45, 2.75) is 40.0 Å². The lowest BCUT2D eigenvalue weighted by Crippen LogP contribution is -2.12. The number of hydrogen-bond donors (Lipinski definition) is 0. The molecule has 2 aromatic carbocycles. The lowest BCUT2D eigenvalue weighted by molar-refractivity contribution is 0.157. The highest BCUT2D eigenvalue weighted by Gasteiger charge is 2.08. The molecular formula is C26H34BrNO4. The smallest absolute Gasteiger partial charge is 0.125 e. The van der Waals surface area contributed by atoms with Crippen LogP contribution in [0.25, 0.3) is 0 Å². The van der Waals surface area contributed by atoms with Gasteiger partial charge in [-0.3, -0.25) is 0 Å². The number of unbranched alkanes of at least 4 members (excludes halogenated alkanes) is 2. The number of hydrogen-bond acceptors (Lipinski definition) is 5. The summed E-state index contributed by atoms with van der Waals surface area (Å²) in [5.74, 6) is 1.83. The molecule has 0 heterocycles. The number of ether oxygens (including phenoxy) is 3. The Morgan fingerprint density at radius 1 is 0.969 bits per heavy atom. The van der Waals surface area contributed by atoms with Crippen LogP contribution >= 0.6 is 15.9 Å². The fourth-order valence-corrected chi connectivity index (χ4v) is 3.47. The molecule has 0 N–H and O–H groups in total. The van der Waals surface area contributed by atoms with Gasteiger partial charge in [-0.2, -0.15) is 0 Å². The number of nitrogens with zero attached hydrogens (tertiary/aromatic N) is 1. The molecule has 0 unspecified atom stereocenters. The van der Waals surface area contributed by atoms with Gasteiger partial charge in [-0.15, -0.1) is 0 Å². The average Bonchev–Trinajstić information content (AvgIpc) is 2.77. The fourth-order valence-electron chi connectivity index (χ4n) is 3.20. The summed E-state index contributed by atoms with van der Waals surface area (Å²) in [4.78, 5) is 4.96. The Balaban J connectivity index is 1.66. The summed E-state index contributed by atoms with van der Waals surface area (Å²) in [6, 6.07) is 12.0. The molecule has 0 aliphatic rings. The summed E-state index contributed by atoms with van der Waals surface area (Å²) in [7, 11) is 1.55. The molecular weight excluding hydrogens is 470 g/mol. The molecule has 0 bridgehead atoms. The van der Waals surface area contributed by atoms with Crippen molar-refractivity contribution in [1.82, 2.24) is 0 Å². The van der Waals surface area contributed by atoms with Crippen LogP contribution in [0, 0.1) is 13.8 Å². The van der Waals surface area contributed by atoms with E-state index in [4.69, 9.17) is 19.0 Å². The number of benzene rings is 2. The Bertz CT molecular complexity index is 855. The van der Waals surface area contributed by atoms with Crippen LogP contribution in [0.4, 0.5) is 0 Å². The predicted molar refractivity (Wildman–Crippen MR) is 134 cm³/mol. The Labute approximate surface area is 200 Å². The summed E-state index contributed by atoms with van der Waals surface area (Å²) in [5.41, 5.74) is 3.98. The fraction of sp³-hybridized carbons (Fsp3) is 0.423. The minimum absolute atomic E-state index is 0.423. The van der Waals surface area contributed by atoms with Crippen LogP contribution in [0.5, 0.6) is 11.5 Å². The molecule has 0 amide bonds. The van der Waals surface area contributed by atoms with E-state index in [9.17, 15) is 0 Å². The first-order chi connectivity index (χ1) is 15.5. The van der Waals surface area contributed by atoms with Crippen LogP contribution in [0.3, 0.4) is 0 Å². The number of halogens is 1. The number of oxime groups is 1.